The third-order valence-corrected chi connectivity index (χ3v) is 4.61. The van der Waals surface area contributed by atoms with E-state index < -0.39 is 11.8 Å². The molecule has 0 aliphatic carbocycles. The number of amides is 2. The molecule has 0 bridgehead atoms. The molecule has 3 heterocycles. The first-order chi connectivity index (χ1) is 14.2. The summed E-state index contributed by atoms with van der Waals surface area (Å²) in [6.07, 6.45) is 5.23. The Bertz CT molecular complexity index is 1210. The maximum absolute atomic E-state index is 13.2. The van der Waals surface area contributed by atoms with E-state index in [-0.39, 0.29) is 29.9 Å². The number of hydrogen-bond donors (Lipinski definition) is 2. The second kappa shape index (κ2) is 8.40. The van der Waals surface area contributed by atoms with Gasteiger partial charge in [-0.2, -0.15) is 0 Å². The van der Waals surface area contributed by atoms with Gasteiger partial charge in [0.05, 0.1) is 5.69 Å². The summed E-state index contributed by atoms with van der Waals surface area (Å²) in [7, 11) is 0. The molecule has 158 valence electrons. The molecule has 3 rings (SSSR count). The number of nitrogens with one attached hydrogen (secondary N) is 1. The monoisotopic (exact) mass is 411 g/mol. The number of primary amides is 1. The number of rotatable bonds is 7. The van der Waals surface area contributed by atoms with Crippen molar-refractivity contribution in [1.82, 2.24) is 19.3 Å². The molecule has 3 N–H and O–H groups in total. The predicted octanol–water partition coefficient (Wildman–Crippen LogP) is 1.94. The number of imidazole rings is 1. The molecule has 0 saturated heterocycles. The zero-order valence-corrected chi connectivity index (χ0v) is 17.5. The number of aromatic nitrogens is 3. The molecule has 9 nitrogen and oxygen atoms in total. The van der Waals surface area contributed by atoms with E-state index in [1.54, 1.807) is 15.2 Å². The van der Waals surface area contributed by atoms with Crippen LogP contribution in [-0.2, 0) is 11.3 Å². The molecule has 0 spiro atoms. The lowest BCUT2D eigenvalue weighted by atomic mass is 10.1. The van der Waals surface area contributed by atoms with Gasteiger partial charge in [0.25, 0.3) is 11.5 Å². The minimum absolute atomic E-state index is 0.0257. The first-order valence-electron chi connectivity index (χ1n) is 9.57. The maximum atomic E-state index is 13.2. The highest BCUT2D eigenvalue weighted by Gasteiger charge is 2.19. The van der Waals surface area contributed by atoms with Gasteiger partial charge in [0.1, 0.15) is 17.2 Å². The van der Waals surface area contributed by atoms with E-state index in [2.05, 4.69) is 10.3 Å². The van der Waals surface area contributed by atoms with Crippen LogP contribution in [0.1, 0.15) is 42.3 Å². The van der Waals surface area contributed by atoms with Gasteiger partial charge in [0, 0.05) is 37.5 Å². The lowest BCUT2D eigenvalue weighted by Gasteiger charge is -2.11. The zero-order valence-electron chi connectivity index (χ0n) is 17.5. The molecule has 0 radical (unpaired) electrons. The molecule has 0 unspecified atom stereocenters. The van der Waals surface area contributed by atoms with Crippen molar-refractivity contribution in [2.75, 3.05) is 6.54 Å². The van der Waals surface area contributed by atoms with Crippen LogP contribution in [0, 0.1) is 13.8 Å². The number of carbonyl (C=O) groups is 2. The van der Waals surface area contributed by atoms with E-state index in [1.807, 2.05) is 39.8 Å². The SMILES string of the molecule is CC(C)=CCn1c(-c2cc(C)oc2C)cn2cc(C(=O)NCCC(N)=O)nc2c1=O. The van der Waals surface area contributed by atoms with E-state index in [0.29, 0.717) is 18.0 Å². The van der Waals surface area contributed by atoms with Gasteiger partial charge in [0.2, 0.25) is 11.6 Å². The van der Waals surface area contributed by atoms with Crippen molar-refractivity contribution in [3.8, 4) is 11.3 Å². The van der Waals surface area contributed by atoms with Crippen LogP contribution in [0.5, 0.6) is 0 Å². The number of aryl methyl sites for hydroxylation is 2. The smallest absolute Gasteiger partial charge is 0.295 e. The van der Waals surface area contributed by atoms with Crippen molar-refractivity contribution < 1.29 is 14.0 Å². The second-order valence-electron chi connectivity index (χ2n) is 7.37. The van der Waals surface area contributed by atoms with Gasteiger partial charge < -0.3 is 15.5 Å². The van der Waals surface area contributed by atoms with Crippen molar-refractivity contribution >= 4 is 17.5 Å². The van der Waals surface area contributed by atoms with Crippen molar-refractivity contribution in [2.24, 2.45) is 5.73 Å². The average molecular weight is 411 g/mol. The van der Waals surface area contributed by atoms with E-state index in [9.17, 15) is 14.4 Å². The molecule has 0 saturated carbocycles. The number of carbonyl (C=O) groups excluding carboxylic acids is 2. The Morgan fingerprint density at radius 1 is 1.27 bits per heavy atom. The van der Waals surface area contributed by atoms with Crippen molar-refractivity contribution in [2.45, 2.75) is 40.7 Å². The quantitative estimate of drug-likeness (QED) is 0.575. The molecule has 3 aromatic heterocycles. The van der Waals surface area contributed by atoms with Gasteiger partial charge in [-0.05, 0) is 33.8 Å². The number of fused-ring (bicyclic) bond motifs is 1. The van der Waals surface area contributed by atoms with Gasteiger partial charge in [-0.1, -0.05) is 11.6 Å². The summed E-state index contributed by atoms with van der Waals surface area (Å²) in [6, 6.07) is 1.88. The second-order valence-corrected chi connectivity index (χ2v) is 7.37. The highest BCUT2D eigenvalue weighted by Crippen LogP contribution is 2.26. The highest BCUT2D eigenvalue weighted by atomic mass is 16.3. The normalized spacial score (nSPS) is 10.9. The fourth-order valence-corrected chi connectivity index (χ4v) is 3.14. The minimum atomic E-state index is -0.511. The highest BCUT2D eigenvalue weighted by molar-refractivity contribution is 5.93. The Kier molecular flexibility index (Phi) is 5.91. The van der Waals surface area contributed by atoms with Crippen LogP contribution in [-0.4, -0.2) is 32.3 Å². The zero-order chi connectivity index (χ0) is 22.0. The van der Waals surface area contributed by atoms with E-state index in [1.165, 1.54) is 6.20 Å². The van der Waals surface area contributed by atoms with Crippen LogP contribution in [0.25, 0.3) is 16.9 Å². The van der Waals surface area contributed by atoms with Crippen LogP contribution in [0.4, 0.5) is 0 Å². The van der Waals surface area contributed by atoms with E-state index in [0.717, 1.165) is 16.9 Å². The lowest BCUT2D eigenvalue weighted by Crippen LogP contribution is -2.28. The summed E-state index contributed by atoms with van der Waals surface area (Å²) in [5.41, 5.74) is 7.53. The standard InChI is InChI=1S/C21H25N5O4/c1-12(2)6-8-26-17(15-9-13(3)30-14(15)4)11-25-10-16(24-19(25)21(26)29)20(28)23-7-5-18(22)27/h6,9-11H,5,7-8H2,1-4H3,(H2,22,27)(H,23,28). The fourth-order valence-electron chi connectivity index (χ4n) is 3.14. The minimum Gasteiger partial charge on any atom is -0.466 e. The van der Waals surface area contributed by atoms with Crippen LogP contribution >= 0.6 is 0 Å². The van der Waals surface area contributed by atoms with Crippen molar-refractivity contribution in [1.29, 1.82) is 0 Å². The molecular weight excluding hydrogens is 386 g/mol. The summed E-state index contributed by atoms with van der Waals surface area (Å²) >= 11 is 0. The Labute approximate surface area is 173 Å². The summed E-state index contributed by atoms with van der Waals surface area (Å²) in [4.78, 5) is 40.6. The molecule has 2 amide bonds. The summed E-state index contributed by atoms with van der Waals surface area (Å²) in [5.74, 6) is 0.445. The van der Waals surface area contributed by atoms with Crippen LogP contribution in [0.3, 0.4) is 0 Å². The summed E-state index contributed by atoms with van der Waals surface area (Å²) < 4.78 is 8.81. The van der Waals surface area contributed by atoms with Gasteiger partial charge in [-0.15, -0.1) is 0 Å². The molecule has 0 aliphatic rings. The number of nitrogens with zero attached hydrogens (tertiary/aromatic N) is 3. The number of nitrogens with two attached hydrogens (primary N) is 1. The molecule has 0 fully saturated rings. The van der Waals surface area contributed by atoms with Gasteiger partial charge in [0.15, 0.2) is 0 Å². The third-order valence-electron chi connectivity index (χ3n) is 4.61. The topological polar surface area (TPSA) is 125 Å². The maximum Gasteiger partial charge on any atom is 0.295 e. The molecule has 0 aromatic carbocycles. The van der Waals surface area contributed by atoms with E-state index >= 15 is 0 Å². The first kappa shape index (κ1) is 21.1. The summed E-state index contributed by atoms with van der Waals surface area (Å²) in [5, 5.41) is 2.58. The molecule has 30 heavy (non-hydrogen) atoms. The fraction of sp³-hybridized carbons (Fsp3) is 0.333. The molecule has 0 atom stereocenters. The third kappa shape index (κ3) is 4.35. The van der Waals surface area contributed by atoms with Crippen molar-refractivity contribution in [3.05, 3.63) is 57.7 Å². The van der Waals surface area contributed by atoms with E-state index in [4.69, 9.17) is 10.2 Å². The molecule has 9 heteroatoms. The lowest BCUT2D eigenvalue weighted by molar-refractivity contribution is -0.117. The van der Waals surface area contributed by atoms with Gasteiger partial charge >= 0.3 is 0 Å². The van der Waals surface area contributed by atoms with Crippen molar-refractivity contribution in [3.63, 3.8) is 0 Å². The number of furan rings is 1. The van der Waals surface area contributed by atoms with Gasteiger partial charge in [-0.25, -0.2) is 4.98 Å². The molecular formula is C21H25N5O4. The molecule has 3 aromatic rings. The Morgan fingerprint density at radius 3 is 2.60 bits per heavy atom. The Morgan fingerprint density at radius 2 is 2.00 bits per heavy atom. The van der Waals surface area contributed by atoms with Crippen LogP contribution in [0.15, 0.2) is 39.3 Å². The summed E-state index contributed by atoms with van der Waals surface area (Å²) in [6.45, 7) is 8.07. The first-order valence-corrected chi connectivity index (χ1v) is 9.57. The predicted molar refractivity (Wildman–Crippen MR) is 112 cm³/mol. The van der Waals surface area contributed by atoms with Crippen LogP contribution < -0.4 is 16.6 Å². The molecule has 0 aliphatic heterocycles. The number of allylic oxidation sites excluding steroid dienone is 2. The largest absolute Gasteiger partial charge is 0.466 e. The average Bonchev–Trinajstić information content (AvgIpc) is 3.23. The Balaban J connectivity index is 2.10. The number of hydrogen-bond acceptors (Lipinski definition) is 5. The van der Waals surface area contributed by atoms with Gasteiger partial charge in [-0.3, -0.25) is 23.4 Å². The Hall–Kier alpha value is -3.62. The van der Waals surface area contributed by atoms with Crippen LogP contribution in [0.2, 0.25) is 0 Å².